The zero-order chi connectivity index (χ0) is 12.3. The fourth-order valence-corrected chi connectivity index (χ4v) is 1.47. The Bertz CT molecular complexity index is 507. The van der Waals surface area contributed by atoms with Crippen molar-refractivity contribution in [3.8, 4) is 0 Å². The minimum atomic E-state index is 0.415. The summed E-state index contributed by atoms with van der Waals surface area (Å²) in [7, 11) is 1.83. The largest absolute Gasteiger partial charge is 0.406 e. The van der Waals surface area contributed by atoms with E-state index in [2.05, 4.69) is 46.8 Å². The lowest BCUT2D eigenvalue weighted by atomic mass is 10.1. The summed E-state index contributed by atoms with van der Waals surface area (Å²) in [5.41, 5.74) is 3.44. The summed E-state index contributed by atoms with van der Waals surface area (Å²) in [6.45, 7) is 4.72. The van der Waals surface area contributed by atoms with E-state index in [-0.39, 0.29) is 0 Å². The molecule has 0 unspecified atom stereocenters. The van der Waals surface area contributed by atoms with E-state index in [0.717, 1.165) is 5.69 Å². The maximum atomic E-state index is 5.40. The first-order valence-corrected chi connectivity index (χ1v) is 5.50. The zero-order valence-electron chi connectivity index (χ0n) is 10.2. The second-order valence-electron chi connectivity index (χ2n) is 3.96. The smallest absolute Gasteiger partial charge is 0.320 e. The summed E-state index contributed by atoms with van der Waals surface area (Å²) >= 11 is 0. The summed E-state index contributed by atoms with van der Waals surface area (Å²) in [5, 5.41) is 13.9. The van der Waals surface area contributed by atoms with Gasteiger partial charge in [0, 0.05) is 5.69 Å². The Kier molecular flexibility index (Phi) is 3.39. The predicted octanol–water partition coefficient (Wildman–Crippen LogP) is 2.15. The second-order valence-corrected chi connectivity index (χ2v) is 3.96. The van der Waals surface area contributed by atoms with E-state index in [4.69, 9.17) is 4.42 Å². The van der Waals surface area contributed by atoms with Gasteiger partial charge in [0.15, 0.2) is 0 Å². The minimum Gasteiger partial charge on any atom is -0.406 e. The number of anilines is 2. The molecule has 2 aromatic rings. The van der Waals surface area contributed by atoms with E-state index in [1.807, 2.05) is 13.1 Å². The van der Waals surface area contributed by atoms with Gasteiger partial charge in [-0.15, -0.1) is 5.10 Å². The SMILES string of the molecule is CNCc1nnc(Nc2ccc(C)c(C)c2)o1. The van der Waals surface area contributed by atoms with Gasteiger partial charge < -0.3 is 15.1 Å². The molecule has 0 saturated heterocycles. The van der Waals surface area contributed by atoms with E-state index in [1.54, 1.807) is 0 Å². The van der Waals surface area contributed by atoms with Crippen molar-refractivity contribution in [1.29, 1.82) is 0 Å². The molecule has 0 spiro atoms. The van der Waals surface area contributed by atoms with Crippen molar-refractivity contribution in [3.05, 3.63) is 35.2 Å². The van der Waals surface area contributed by atoms with Crippen molar-refractivity contribution in [2.75, 3.05) is 12.4 Å². The van der Waals surface area contributed by atoms with Gasteiger partial charge in [-0.25, -0.2) is 0 Å². The van der Waals surface area contributed by atoms with Gasteiger partial charge in [0.2, 0.25) is 5.89 Å². The molecule has 0 aliphatic heterocycles. The highest BCUT2D eigenvalue weighted by molar-refractivity contribution is 5.54. The molecule has 0 aliphatic rings. The first kappa shape index (κ1) is 11.6. The van der Waals surface area contributed by atoms with E-state index in [1.165, 1.54) is 11.1 Å². The van der Waals surface area contributed by atoms with Crippen molar-refractivity contribution in [2.45, 2.75) is 20.4 Å². The van der Waals surface area contributed by atoms with Gasteiger partial charge in [-0.2, -0.15) is 0 Å². The number of rotatable bonds is 4. The summed E-state index contributed by atoms with van der Waals surface area (Å²) in [5.74, 6) is 0.568. The van der Waals surface area contributed by atoms with E-state index in [9.17, 15) is 0 Å². The van der Waals surface area contributed by atoms with Crippen LogP contribution in [0.15, 0.2) is 22.6 Å². The lowest BCUT2D eigenvalue weighted by Crippen LogP contribution is -2.04. The van der Waals surface area contributed by atoms with Crippen LogP contribution in [0.5, 0.6) is 0 Å². The lowest BCUT2D eigenvalue weighted by Gasteiger charge is -2.04. The summed E-state index contributed by atoms with van der Waals surface area (Å²) in [6.07, 6.45) is 0. The highest BCUT2D eigenvalue weighted by atomic mass is 16.4. The Morgan fingerprint density at radius 1 is 1.18 bits per heavy atom. The van der Waals surface area contributed by atoms with Gasteiger partial charge in [-0.05, 0) is 44.2 Å². The van der Waals surface area contributed by atoms with Crippen LogP contribution >= 0.6 is 0 Å². The molecule has 2 N–H and O–H groups in total. The fourth-order valence-electron chi connectivity index (χ4n) is 1.47. The molecule has 0 bridgehead atoms. The molecule has 90 valence electrons. The molecule has 5 nitrogen and oxygen atoms in total. The molecule has 0 amide bonds. The summed E-state index contributed by atoms with van der Waals surface area (Å²) < 4.78 is 5.40. The van der Waals surface area contributed by atoms with E-state index < -0.39 is 0 Å². The van der Waals surface area contributed by atoms with Crippen molar-refractivity contribution in [2.24, 2.45) is 0 Å². The molecule has 1 heterocycles. The molecule has 0 fully saturated rings. The molecule has 0 radical (unpaired) electrons. The third kappa shape index (κ3) is 2.82. The zero-order valence-corrected chi connectivity index (χ0v) is 10.2. The van der Waals surface area contributed by atoms with Crippen LogP contribution in [0.25, 0.3) is 0 Å². The molecular weight excluding hydrogens is 216 g/mol. The molecule has 0 atom stereocenters. The van der Waals surface area contributed by atoms with Gasteiger partial charge in [0.05, 0.1) is 6.54 Å². The van der Waals surface area contributed by atoms with Crippen LogP contribution < -0.4 is 10.6 Å². The summed E-state index contributed by atoms with van der Waals surface area (Å²) in [6, 6.07) is 6.52. The third-order valence-corrected chi connectivity index (χ3v) is 2.55. The average Bonchev–Trinajstić information content (AvgIpc) is 2.72. The first-order chi connectivity index (χ1) is 8.19. The Morgan fingerprint density at radius 3 is 2.71 bits per heavy atom. The summed E-state index contributed by atoms with van der Waals surface area (Å²) in [4.78, 5) is 0. The van der Waals surface area contributed by atoms with E-state index >= 15 is 0 Å². The minimum absolute atomic E-state index is 0.415. The van der Waals surface area contributed by atoms with Crippen molar-refractivity contribution in [3.63, 3.8) is 0 Å². The number of aromatic nitrogens is 2. The van der Waals surface area contributed by atoms with Crippen LogP contribution in [0.1, 0.15) is 17.0 Å². The molecule has 17 heavy (non-hydrogen) atoms. The van der Waals surface area contributed by atoms with Gasteiger partial charge >= 0.3 is 6.01 Å². The molecule has 5 heteroatoms. The Balaban J connectivity index is 2.11. The Hall–Kier alpha value is -1.88. The maximum absolute atomic E-state index is 5.40. The van der Waals surface area contributed by atoms with Crippen LogP contribution in [-0.4, -0.2) is 17.2 Å². The second kappa shape index (κ2) is 4.97. The number of nitrogens with one attached hydrogen (secondary N) is 2. The highest BCUT2D eigenvalue weighted by Crippen LogP contribution is 2.18. The topological polar surface area (TPSA) is 63.0 Å². The monoisotopic (exact) mass is 232 g/mol. The number of aryl methyl sites for hydroxylation is 2. The van der Waals surface area contributed by atoms with E-state index in [0.29, 0.717) is 18.5 Å². The van der Waals surface area contributed by atoms with Crippen LogP contribution in [0, 0.1) is 13.8 Å². The molecular formula is C12H16N4O. The van der Waals surface area contributed by atoms with Crippen LogP contribution in [0.4, 0.5) is 11.7 Å². The predicted molar refractivity (Wildman–Crippen MR) is 66.3 cm³/mol. The fraction of sp³-hybridized carbons (Fsp3) is 0.333. The normalized spacial score (nSPS) is 10.5. The van der Waals surface area contributed by atoms with Crippen LogP contribution in [0.2, 0.25) is 0 Å². The first-order valence-electron chi connectivity index (χ1n) is 5.50. The van der Waals surface area contributed by atoms with Crippen molar-refractivity contribution < 1.29 is 4.42 Å². The number of hydrogen-bond donors (Lipinski definition) is 2. The third-order valence-electron chi connectivity index (χ3n) is 2.55. The lowest BCUT2D eigenvalue weighted by molar-refractivity contribution is 0.493. The molecule has 2 rings (SSSR count). The number of nitrogens with zero attached hydrogens (tertiary/aromatic N) is 2. The molecule has 1 aromatic carbocycles. The van der Waals surface area contributed by atoms with Crippen molar-refractivity contribution in [1.82, 2.24) is 15.5 Å². The van der Waals surface area contributed by atoms with Crippen LogP contribution in [0.3, 0.4) is 0 Å². The maximum Gasteiger partial charge on any atom is 0.320 e. The van der Waals surface area contributed by atoms with Gasteiger partial charge in [0.1, 0.15) is 0 Å². The van der Waals surface area contributed by atoms with Crippen molar-refractivity contribution >= 4 is 11.7 Å². The highest BCUT2D eigenvalue weighted by Gasteiger charge is 2.05. The molecule has 0 saturated carbocycles. The Morgan fingerprint density at radius 2 is 2.00 bits per heavy atom. The quantitative estimate of drug-likeness (QED) is 0.845. The molecule has 1 aromatic heterocycles. The molecule has 0 aliphatic carbocycles. The Labute approximate surface area is 100 Å². The average molecular weight is 232 g/mol. The number of benzene rings is 1. The van der Waals surface area contributed by atoms with Gasteiger partial charge in [-0.3, -0.25) is 0 Å². The van der Waals surface area contributed by atoms with Gasteiger partial charge in [-0.1, -0.05) is 11.2 Å². The van der Waals surface area contributed by atoms with Crippen LogP contribution in [-0.2, 0) is 6.54 Å². The standard InChI is InChI=1S/C12H16N4O/c1-8-4-5-10(6-9(8)2)14-12-16-15-11(17-12)7-13-3/h4-6,13H,7H2,1-3H3,(H,14,16). The number of hydrogen-bond acceptors (Lipinski definition) is 5. The van der Waals surface area contributed by atoms with Gasteiger partial charge in [0.25, 0.3) is 0 Å².